The molecular formula is C14H15N3O2S. The summed E-state index contributed by atoms with van der Waals surface area (Å²) in [7, 11) is 3.24. The van der Waals surface area contributed by atoms with Crippen LogP contribution in [0, 0.1) is 0 Å². The molecule has 0 radical (unpaired) electrons. The highest BCUT2D eigenvalue weighted by Crippen LogP contribution is 2.29. The van der Waals surface area contributed by atoms with E-state index in [-0.39, 0.29) is 5.11 Å². The number of rotatable bonds is 4. The lowest BCUT2D eigenvalue weighted by Crippen LogP contribution is -2.24. The fourth-order valence-corrected chi connectivity index (χ4v) is 1.95. The van der Waals surface area contributed by atoms with E-state index in [1.54, 1.807) is 20.4 Å². The summed E-state index contributed by atoms with van der Waals surface area (Å²) in [5.74, 6) is 1.47. The van der Waals surface area contributed by atoms with E-state index in [0.717, 1.165) is 22.1 Å². The Balaban J connectivity index is 2.56. The van der Waals surface area contributed by atoms with Gasteiger partial charge >= 0.3 is 0 Å². The largest absolute Gasteiger partial charge is 0.497 e. The molecule has 0 aliphatic heterocycles. The summed E-state index contributed by atoms with van der Waals surface area (Å²) in [5, 5.41) is 6.13. The van der Waals surface area contributed by atoms with Crippen LogP contribution in [0.1, 0.15) is 5.56 Å². The van der Waals surface area contributed by atoms with E-state index in [9.17, 15) is 0 Å². The molecule has 5 nitrogen and oxygen atoms in total. The second kappa shape index (κ2) is 6.21. The van der Waals surface area contributed by atoms with Gasteiger partial charge in [0.25, 0.3) is 0 Å². The van der Waals surface area contributed by atoms with Crippen LogP contribution in [0.2, 0.25) is 0 Å². The zero-order valence-electron chi connectivity index (χ0n) is 11.2. The third-order valence-corrected chi connectivity index (χ3v) is 2.91. The quantitative estimate of drug-likeness (QED) is 0.512. The molecule has 6 heteroatoms. The van der Waals surface area contributed by atoms with Gasteiger partial charge in [-0.2, -0.15) is 5.10 Å². The maximum absolute atomic E-state index is 5.36. The zero-order valence-corrected chi connectivity index (χ0v) is 12.0. The van der Waals surface area contributed by atoms with Crippen molar-refractivity contribution in [3.05, 3.63) is 35.9 Å². The Morgan fingerprint density at radius 1 is 1.25 bits per heavy atom. The first-order chi connectivity index (χ1) is 9.65. The summed E-state index contributed by atoms with van der Waals surface area (Å²) in [4.78, 5) is 0. The van der Waals surface area contributed by atoms with Crippen LogP contribution in [0.3, 0.4) is 0 Å². The summed E-state index contributed by atoms with van der Waals surface area (Å²) in [6.07, 6.45) is 1.62. The lowest BCUT2D eigenvalue weighted by molar-refractivity contribution is 0.413. The number of hydrogen-bond acceptors (Lipinski definition) is 4. The fourth-order valence-electron chi connectivity index (χ4n) is 1.90. The molecule has 0 aliphatic rings. The van der Waals surface area contributed by atoms with Crippen LogP contribution in [0.15, 0.2) is 35.4 Å². The molecule has 20 heavy (non-hydrogen) atoms. The van der Waals surface area contributed by atoms with E-state index in [4.69, 9.17) is 27.4 Å². The van der Waals surface area contributed by atoms with Crippen molar-refractivity contribution >= 4 is 34.3 Å². The predicted molar refractivity (Wildman–Crippen MR) is 84.6 cm³/mol. The Labute approximate surface area is 122 Å². The smallest absolute Gasteiger partial charge is 0.184 e. The number of nitrogens with zero attached hydrogens (tertiary/aromatic N) is 1. The molecule has 0 saturated heterocycles. The van der Waals surface area contributed by atoms with Crippen molar-refractivity contribution in [2.75, 3.05) is 14.2 Å². The van der Waals surface area contributed by atoms with Gasteiger partial charge in [0, 0.05) is 5.56 Å². The second-order valence-corrected chi connectivity index (χ2v) is 4.44. The minimum Gasteiger partial charge on any atom is -0.497 e. The SMILES string of the molecule is COc1ccc2ccc(OC)c(C=NNC(N)=S)c2c1. The molecule has 0 bridgehead atoms. The van der Waals surface area contributed by atoms with Crippen molar-refractivity contribution in [2.45, 2.75) is 0 Å². The average molecular weight is 289 g/mol. The van der Waals surface area contributed by atoms with Gasteiger partial charge in [0.15, 0.2) is 5.11 Å². The van der Waals surface area contributed by atoms with Gasteiger partial charge in [-0.1, -0.05) is 12.1 Å². The summed E-state index contributed by atoms with van der Waals surface area (Å²) in [5.41, 5.74) is 8.70. The van der Waals surface area contributed by atoms with Crippen molar-refractivity contribution in [1.29, 1.82) is 0 Å². The Bertz CT molecular complexity index is 666. The number of ether oxygens (including phenoxy) is 2. The third kappa shape index (κ3) is 2.97. The molecule has 2 aromatic carbocycles. The molecule has 0 unspecified atom stereocenters. The van der Waals surface area contributed by atoms with E-state index in [1.165, 1.54) is 0 Å². The topological polar surface area (TPSA) is 68.9 Å². The second-order valence-electron chi connectivity index (χ2n) is 4.00. The van der Waals surface area contributed by atoms with Crippen LogP contribution in [0.4, 0.5) is 0 Å². The summed E-state index contributed by atoms with van der Waals surface area (Å²) < 4.78 is 10.6. The molecule has 0 aromatic heterocycles. The molecule has 0 atom stereocenters. The normalized spacial score (nSPS) is 10.7. The van der Waals surface area contributed by atoms with Gasteiger partial charge in [0.1, 0.15) is 11.5 Å². The van der Waals surface area contributed by atoms with Crippen molar-refractivity contribution < 1.29 is 9.47 Å². The number of fused-ring (bicyclic) bond motifs is 1. The lowest BCUT2D eigenvalue weighted by Gasteiger charge is -2.10. The standard InChI is InChI=1S/C14H15N3O2S/c1-18-10-5-3-9-4-6-13(19-2)12(11(9)7-10)8-16-17-14(15)20/h3-8H,1-2H3,(H3,15,17,20). The van der Waals surface area contributed by atoms with Gasteiger partial charge in [-0.15, -0.1) is 0 Å². The highest BCUT2D eigenvalue weighted by atomic mass is 32.1. The van der Waals surface area contributed by atoms with Gasteiger partial charge in [-0.25, -0.2) is 0 Å². The van der Waals surface area contributed by atoms with Crippen molar-refractivity contribution in [3.8, 4) is 11.5 Å². The highest BCUT2D eigenvalue weighted by Gasteiger charge is 2.07. The molecule has 2 aromatic rings. The summed E-state index contributed by atoms with van der Waals surface area (Å²) >= 11 is 4.71. The molecule has 0 heterocycles. The molecule has 104 valence electrons. The molecule has 2 rings (SSSR count). The number of nitrogens with two attached hydrogens (primary N) is 1. The van der Waals surface area contributed by atoms with E-state index >= 15 is 0 Å². The lowest BCUT2D eigenvalue weighted by atomic mass is 10.0. The minimum absolute atomic E-state index is 0.109. The Morgan fingerprint density at radius 3 is 2.65 bits per heavy atom. The number of nitrogens with one attached hydrogen (secondary N) is 1. The van der Waals surface area contributed by atoms with Gasteiger partial charge in [-0.05, 0) is 41.2 Å². The van der Waals surface area contributed by atoms with Crippen molar-refractivity contribution in [1.82, 2.24) is 5.43 Å². The first-order valence-electron chi connectivity index (χ1n) is 5.89. The predicted octanol–water partition coefficient (Wildman–Crippen LogP) is 2.02. The van der Waals surface area contributed by atoms with Crippen LogP contribution < -0.4 is 20.6 Å². The summed E-state index contributed by atoms with van der Waals surface area (Å²) in [6.45, 7) is 0. The molecule has 0 fully saturated rings. The number of thiocarbonyl (C=S) groups is 1. The van der Waals surface area contributed by atoms with Crippen LogP contribution in [-0.4, -0.2) is 25.5 Å². The third-order valence-electron chi connectivity index (χ3n) is 2.82. The maximum Gasteiger partial charge on any atom is 0.184 e. The monoisotopic (exact) mass is 289 g/mol. The van der Waals surface area contributed by atoms with E-state index in [1.807, 2.05) is 30.3 Å². The van der Waals surface area contributed by atoms with Gasteiger partial charge < -0.3 is 15.2 Å². The van der Waals surface area contributed by atoms with Crippen molar-refractivity contribution in [3.63, 3.8) is 0 Å². The van der Waals surface area contributed by atoms with E-state index in [0.29, 0.717) is 5.75 Å². The van der Waals surface area contributed by atoms with Gasteiger partial charge in [0.05, 0.1) is 20.4 Å². The Kier molecular flexibility index (Phi) is 4.37. The van der Waals surface area contributed by atoms with E-state index in [2.05, 4.69) is 10.5 Å². The Hall–Kier alpha value is -2.34. The molecule has 0 saturated carbocycles. The molecular weight excluding hydrogens is 274 g/mol. The molecule has 0 aliphatic carbocycles. The van der Waals surface area contributed by atoms with Crippen LogP contribution in [0.25, 0.3) is 10.8 Å². The maximum atomic E-state index is 5.36. The first kappa shape index (κ1) is 14.1. The Morgan fingerprint density at radius 2 is 2.00 bits per heavy atom. The van der Waals surface area contributed by atoms with Crippen molar-refractivity contribution in [2.24, 2.45) is 10.8 Å². The summed E-state index contributed by atoms with van der Waals surface area (Å²) in [6, 6.07) is 9.68. The first-order valence-corrected chi connectivity index (χ1v) is 6.29. The molecule has 3 N–H and O–H groups in total. The average Bonchev–Trinajstić information content (AvgIpc) is 2.46. The van der Waals surface area contributed by atoms with Crippen LogP contribution >= 0.6 is 12.2 Å². The van der Waals surface area contributed by atoms with E-state index < -0.39 is 0 Å². The molecule has 0 amide bonds. The van der Waals surface area contributed by atoms with Crippen LogP contribution in [-0.2, 0) is 0 Å². The number of hydrogen-bond donors (Lipinski definition) is 2. The highest BCUT2D eigenvalue weighted by molar-refractivity contribution is 7.80. The number of methoxy groups -OCH3 is 2. The minimum atomic E-state index is 0.109. The zero-order chi connectivity index (χ0) is 14.5. The van der Waals surface area contributed by atoms with Crippen LogP contribution in [0.5, 0.6) is 11.5 Å². The number of hydrazone groups is 1. The van der Waals surface area contributed by atoms with Gasteiger partial charge in [-0.3, -0.25) is 5.43 Å². The number of benzene rings is 2. The van der Waals surface area contributed by atoms with Gasteiger partial charge in [0.2, 0.25) is 0 Å². The fraction of sp³-hybridized carbons (Fsp3) is 0.143. The molecule has 0 spiro atoms.